The van der Waals surface area contributed by atoms with Crippen LogP contribution in [0.3, 0.4) is 0 Å². The Morgan fingerprint density at radius 3 is 2.71 bits per heavy atom. The highest BCUT2D eigenvalue weighted by atomic mass is 32.2. The molecule has 17 heavy (non-hydrogen) atoms. The first-order valence-electron chi connectivity index (χ1n) is 7.11. The van der Waals surface area contributed by atoms with Gasteiger partial charge in [-0.25, -0.2) is 0 Å². The Labute approximate surface area is 109 Å². The molecule has 98 valence electrons. The van der Waals surface area contributed by atoms with E-state index in [1.807, 2.05) is 0 Å². The SMILES string of the molecule is NCC1(N2CCC(N3CCCC3)C2)CCSC1. The van der Waals surface area contributed by atoms with Gasteiger partial charge in [0.05, 0.1) is 0 Å². The van der Waals surface area contributed by atoms with Gasteiger partial charge in [-0.05, 0) is 44.5 Å². The zero-order chi connectivity index (χ0) is 11.7. The van der Waals surface area contributed by atoms with Crippen molar-refractivity contribution in [2.24, 2.45) is 5.73 Å². The number of nitrogens with two attached hydrogens (primary N) is 1. The summed E-state index contributed by atoms with van der Waals surface area (Å²) in [6.45, 7) is 6.08. The number of thioether (sulfide) groups is 1. The summed E-state index contributed by atoms with van der Waals surface area (Å²) in [5.74, 6) is 2.57. The summed E-state index contributed by atoms with van der Waals surface area (Å²) < 4.78 is 0. The van der Waals surface area contributed by atoms with Gasteiger partial charge in [0.15, 0.2) is 0 Å². The molecule has 4 heteroatoms. The molecule has 2 unspecified atom stereocenters. The molecule has 0 saturated carbocycles. The second kappa shape index (κ2) is 5.08. The van der Waals surface area contributed by atoms with Crippen molar-refractivity contribution in [1.82, 2.24) is 9.80 Å². The highest BCUT2D eigenvalue weighted by molar-refractivity contribution is 7.99. The first kappa shape index (κ1) is 12.3. The third kappa shape index (κ3) is 2.25. The first-order chi connectivity index (χ1) is 8.34. The van der Waals surface area contributed by atoms with E-state index < -0.39 is 0 Å². The topological polar surface area (TPSA) is 32.5 Å². The summed E-state index contributed by atoms with van der Waals surface area (Å²) in [7, 11) is 0. The van der Waals surface area contributed by atoms with Crippen LogP contribution in [0, 0.1) is 0 Å². The molecule has 3 nitrogen and oxygen atoms in total. The van der Waals surface area contributed by atoms with Crippen LogP contribution in [0.2, 0.25) is 0 Å². The van der Waals surface area contributed by atoms with E-state index in [4.69, 9.17) is 5.73 Å². The van der Waals surface area contributed by atoms with Gasteiger partial charge in [0, 0.05) is 37.0 Å². The number of rotatable bonds is 3. The monoisotopic (exact) mass is 255 g/mol. The Balaban J connectivity index is 1.62. The molecule has 0 aromatic rings. The van der Waals surface area contributed by atoms with Crippen LogP contribution in [0.1, 0.15) is 25.7 Å². The maximum Gasteiger partial charge on any atom is 0.0430 e. The van der Waals surface area contributed by atoms with Crippen LogP contribution in [-0.2, 0) is 0 Å². The summed E-state index contributed by atoms with van der Waals surface area (Å²) >= 11 is 2.09. The van der Waals surface area contributed by atoms with Crippen LogP contribution in [0.15, 0.2) is 0 Å². The molecule has 2 N–H and O–H groups in total. The second-order valence-corrected chi connectivity index (χ2v) is 6.97. The molecule has 0 bridgehead atoms. The predicted molar refractivity (Wildman–Crippen MR) is 74.5 cm³/mol. The lowest BCUT2D eigenvalue weighted by molar-refractivity contribution is 0.133. The molecule has 0 aromatic heterocycles. The van der Waals surface area contributed by atoms with Gasteiger partial charge in [-0.3, -0.25) is 9.80 Å². The summed E-state index contributed by atoms with van der Waals surface area (Å²) in [4.78, 5) is 5.43. The van der Waals surface area contributed by atoms with Crippen molar-refractivity contribution in [3.8, 4) is 0 Å². The summed E-state index contributed by atoms with van der Waals surface area (Å²) in [6.07, 6.45) is 5.50. The van der Waals surface area contributed by atoms with E-state index in [9.17, 15) is 0 Å². The molecular formula is C13H25N3S. The van der Waals surface area contributed by atoms with Crippen LogP contribution in [0.5, 0.6) is 0 Å². The van der Waals surface area contributed by atoms with Gasteiger partial charge < -0.3 is 5.73 Å². The fraction of sp³-hybridized carbons (Fsp3) is 1.00. The minimum Gasteiger partial charge on any atom is -0.329 e. The van der Waals surface area contributed by atoms with Gasteiger partial charge in [0.25, 0.3) is 0 Å². The van der Waals surface area contributed by atoms with Crippen molar-refractivity contribution in [2.75, 3.05) is 44.2 Å². The van der Waals surface area contributed by atoms with Crippen molar-refractivity contribution in [2.45, 2.75) is 37.3 Å². The fourth-order valence-corrected chi connectivity index (χ4v) is 5.21. The van der Waals surface area contributed by atoms with E-state index in [0.717, 1.165) is 12.6 Å². The van der Waals surface area contributed by atoms with E-state index >= 15 is 0 Å². The quantitative estimate of drug-likeness (QED) is 0.815. The van der Waals surface area contributed by atoms with Crippen molar-refractivity contribution in [3.63, 3.8) is 0 Å². The Morgan fingerprint density at radius 2 is 2.06 bits per heavy atom. The van der Waals surface area contributed by atoms with E-state index in [1.54, 1.807) is 0 Å². The zero-order valence-corrected chi connectivity index (χ0v) is 11.6. The van der Waals surface area contributed by atoms with Gasteiger partial charge in [-0.2, -0.15) is 11.8 Å². The van der Waals surface area contributed by atoms with Crippen LogP contribution >= 0.6 is 11.8 Å². The Kier molecular flexibility index (Phi) is 3.67. The van der Waals surface area contributed by atoms with Gasteiger partial charge in [-0.15, -0.1) is 0 Å². The predicted octanol–water partition coefficient (Wildman–Crippen LogP) is 0.991. The van der Waals surface area contributed by atoms with Gasteiger partial charge in [0.2, 0.25) is 0 Å². The number of hydrogen-bond donors (Lipinski definition) is 1. The zero-order valence-electron chi connectivity index (χ0n) is 10.7. The third-order valence-corrected chi connectivity index (χ3v) is 6.19. The number of hydrogen-bond acceptors (Lipinski definition) is 4. The molecule has 0 amide bonds. The smallest absolute Gasteiger partial charge is 0.0430 e. The molecule has 0 aromatic carbocycles. The molecule has 3 aliphatic heterocycles. The minimum absolute atomic E-state index is 0.346. The standard InChI is InChI=1S/C13H25N3S/c14-10-13(4-8-17-11-13)16-7-3-12(9-16)15-5-1-2-6-15/h12H,1-11,14H2. The average molecular weight is 255 g/mol. The summed E-state index contributed by atoms with van der Waals surface area (Å²) in [6, 6.07) is 0.825. The average Bonchev–Trinajstić information content (AvgIpc) is 3.10. The Hall–Kier alpha value is 0.230. The molecule has 3 saturated heterocycles. The molecule has 0 aliphatic carbocycles. The molecule has 3 aliphatic rings. The highest BCUT2D eigenvalue weighted by Crippen LogP contribution is 2.36. The molecule has 0 radical (unpaired) electrons. The summed E-state index contributed by atoms with van der Waals surface area (Å²) in [5.41, 5.74) is 6.43. The van der Waals surface area contributed by atoms with Crippen LogP contribution in [0.25, 0.3) is 0 Å². The molecule has 3 fully saturated rings. The van der Waals surface area contributed by atoms with E-state index in [2.05, 4.69) is 21.6 Å². The second-order valence-electron chi connectivity index (χ2n) is 5.86. The maximum absolute atomic E-state index is 6.08. The lowest BCUT2D eigenvalue weighted by atomic mass is 9.97. The summed E-state index contributed by atoms with van der Waals surface area (Å²) in [5, 5.41) is 0. The third-order valence-electron chi connectivity index (χ3n) is 4.95. The minimum atomic E-state index is 0.346. The van der Waals surface area contributed by atoms with Crippen LogP contribution in [-0.4, -0.2) is 65.6 Å². The highest BCUT2D eigenvalue weighted by Gasteiger charge is 2.43. The van der Waals surface area contributed by atoms with Crippen molar-refractivity contribution >= 4 is 11.8 Å². The van der Waals surface area contributed by atoms with Gasteiger partial charge in [0.1, 0.15) is 0 Å². The Bertz CT molecular complexity index is 259. The van der Waals surface area contributed by atoms with Crippen molar-refractivity contribution in [3.05, 3.63) is 0 Å². The van der Waals surface area contributed by atoms with Gasteiger partial charge >= 0.3 is 0 Å². The van der Waals surface area contributed by atoms with Crippen molar-refractivity contribution in [1.29, 1.82) is 0 Å². The lowest BCUT2D eigenvalue weighted by Gasteiger charge is -2.37. The molecular weight excluding hydrogens is 230 g/mol. The number of likely N-dealkylation sites (tertiary alicyclic amines) is 2. The Morgan fingerprint density at radius 1 is 1.24 bits per heavy atom. The van der Waals surface area contributed by atoms with E-state index in [1.165, 1.54) is 63.4 Å². The maximum atomic E-state index is 6.08. The van der Waals surface area contributed by atoms with Crippen LogP contribution in [0.4, 0.5) is 0 Å². The normalized spacial score (nSPS) is 40.4. The number of nitrogens with zero attached hydrogens (tertiary/aromatic N) is 2. The largest absolute Gasteiger partial charge is 0.329 e. The van der Waals surface area contributed by atoms with Crippen LogP contribution < -0.4 is 5.73 Å². The lowest BCUT2D eigenvalue weighted by Crippen LogP contribution is -2.54. The molecule has 3 rings (SSSR count). The first-order valence-corrected chi connectivity index (χ1v) is 8.26. The van der Waals surface area contributed by atoms with Gasteiger partial charge in [-0.1, -0.05) is 0 Å². The van der Waals surface area contributed by atoms with E-state index in [0.29, 0.717) is 5.54 Å². The molecule has 3 heterocycles. The van der Waals surface area contributed by atoms with E-state index in [-0.39, 0.29) is 0 Å². The fourth-order valence-electron chi connectivity index (χ4n) is 3.71. The molecule has 2 atom stereocenters. The van der Waals surface area contributed by atoms with Crippen molar-refractivity contribution < 1.29 is 0 Å². The molecule has 0 spiro atoms.